The first kappa shape index (κ1) is 29.2. The molecule has 200 valence electrons. The third-order valence-corrected chi connectivity index (χ3v) is 6.26. The van der Waals surface area contributed by atoms with E-state index in [2.05, 4.69) is 14.8 Å². The lowest BCUT2D eigenvalue weighted by Gasteiger charge is -2.20. The van der Waals surface area contributed by atoms with Crippen molar-refractivity contribution < 1.29 is 38.3 Å². The Hall–Kier alpha value is -2.41. The molecule has 0 aliphatic heterocycles. The molecule has 4 N–H and O–H groups in total. The van der Waals surface area contributed by atoms with E-state index < -0.39 is 31.9 Å². The van der Waals surface area contributed by atoms with Gasteiger partial charge in [-0.15, -0.1) is 0 Å². The molecule has 0 radical (unpaired) electrons. The minimum atomic E-state index is -4.64. The van der Waals surface area contributed by atoms with Crippen LogP contribution in [0, 0.1) is 6.92 Å². The largest absolute Gasteiger partial charge is 0.491 e. The predicted molar refractivity (Wildman–Crippen MR) is 136 cm³/mol. The van der Waals surface area contributed by atoms with Gasteiger partial charge in [-0.3, -0.25) is 14.1 Å². The Kier molecular flexibility index (Phi) is 9.43. The molecule has 2 heterocycles. The highest BCUT2D eigenvalue weighted by Crippen LogP contribution is 2.39. The number of phosphoric ester groups is 1. The van der Waals surface area contributed by atoms with Gasteiger partial charge >= 0.3 is 7.82 Å². The molecule has 1 atom stereocenters. The number of carbonyl (C=O) groups excluding carboxylic acids is 1. The number of amides is 1. The molecule has 1 amide bonds. The summed E-state index contributed by atoms with van der Waals surface area (Å²) in [6.45, 7) is 0.571. The summed E-state index contributed by atoms with van der Waals surface area (Å²) in [6.07, 6.45) is -0.269. The van der Waals surface area contributed by atoms with Crippen molar-refractivity contribution in [3.05, 3.63) is 55.4 Å². The Bertz CT molecular complexity index is 1420. The molecule has 0 bridgehead atoms. The summed E-state index contributed by atoms with van der Waals surface area (Å²) in [6, 6.07) is 4.12. The number of hydrogen-bond donors (Lipinski definition) is 4. The predicted octanol–water partition coefficient (Wildman–Crippen LogP) is 2.63. The van der Waals surface area contributed by atoms with Crippen molar-refractivity contribution in [2.24, 2.45) is 0 Å². The van der Waals surface area contributed by atoms with Gasteiger partial charge in [-0.25, -0.2) is 9.55 Å². The molecule has 2 aromatic heterocycles. The van der Waals surface area contributed by atoms with E-state index >= 15 is 0 Å². The van der Waals surface area contributed by atoms with E-state index in [1.807, 2.05) is 0 Å². The number of fused-ring (bicyclic) bond motifs is 1. The van der Waals surface area contributed by atoms with Crippen LogP contribution in [-0.2, 0) is 13.9 Å². The summed E-state index contributed by atoms with van der Waals surface area (Å²) in [7, 11) is -3.29. The molecule has 0 saturated heterocycles. The zero-order chi connectivity index (χ0) is 27.5. The Labute approximate surface area is 224 Å². The lowest BCUT2D eigenvalue weighted by Crippen LogP contribution is -2.36. The molecule has 12 nitrogen and oxygen atoms in total. The van der Waals surface area contributed by atoms with Crippen LogP contribution in [0.15, 0.2) is 29.2 Å². The number of nitrogens with zero attached hydrogens (tertiary/aromatic N) is 2. The number of nitrogens with one attached hydrogen (secondary N) is 1. The highest BCUT2D eigenvalue weighted by Gasteiger charge is 2.22. The van der Waals surface area contributed by atoms with Gasteiger partial charge in [0.25, 0.3) is 5.91 Å². The molecule has 0 unspecified atom stereocenters. The molecule has 3 rings (SSSR count). The molecule has 0 saturated carbocycles. The monoisotopic (exact) mass is 595 g/mol. The third kappa shape index (κ3) is 6.92. The molecule has 0 spiro atoms. The molecule has 3 aromatic rings. The van der Waals surface area contributed by atoms with Gasteiger partial charge < -0.3 is 34.3 Å². The number of aromatic nitrogens is 2. The first-order valence-electron chi connectivity index (χ1n) is 10.4. The van der Waals surface area contributed by atoms with Gasteiger partial charge in [-0.1, -0.05) is 34.8 Å². The maximum atomic E-state index is 12.9. The number of aliphatic hydroxyl groups excluding tert-OH is 1. The van der Waals surface area contributed by atoms with Crippen molar-refractivity contribution in [1.82, 2.24) is 14.9 Å². The number of halogens is 3. The van der Waals surface area contributed by atoms with Crippen molar-refractivity contribution in [3.63, 3.8) is 0 Å². The van der Waals surface area contributed by atoms with Crippen molar-refractivity contribution in [3.8, 4) is 17.3 Å². The van der Waals surface area contributed by atoms with Gasteiger partial charge in [0.2, 0.25) is 5.88 Å². The van der Waals surface area contributed by atoms with E-state index in [4.69, 9.17) is 54.1 Å². The first-order chi connectivity index (χ1) is 17.3. The van der Waals surface area contributed by atoms with E-state index in [9.17, 15) is 19.3 Å². The fourth-order valence-corrected chi connectivity index (χ4v) is 4.53. The molecule has 0 fully saturated rings. The standard InChI is InChI=1S/C21H21Cl3N3O9P/c1-10-5-15(28)17-19(14(24)8-26-21(17)35-9-16(29)20(30)25-2)27(10)18-12(22)6-11(7-13(18)23)34-3-4-36-37(31,32)33/h5-8,16,29H,3-4,9H2,1-2H3,(H,25,30)(H2,31,32,33)/t16-/m0/s1. The van der Waals surface area contributed by atoms with Crippen LogP contribution in [0.25, 0.3) is 16.6 Å². The van der Waals surface area contributed by atoms with Gasteiger partial charge in [0.15, 0.2) is 11.5 Å². The Balaban J connectivity index is 2.06. The van der Waals surface area contributed by atoms with Crippen molar-refractivity contribution in [2.75, 3.05) is 26.9 Å². The number of carbonyl (C=O) groups is 1. The second-order valence-corrected chi connectivity index (χ2v) is 9.93. The number of rotatable bonds is 10. The maximum Gasteiger partial charge on any atom is 0.469 e. The smallest absolute Gasteiger partial charge is 0.469 e. The van der Waals surface area contributed by atoms with Gasteiger partial charge in [-0.05, 0) is 6.92 Å². The zero-order valence-corrected chi connectivity index (χ0v) is 22.4. The summed E-state index contributed by atoms with van der Waals surface area (Å²) in [5.74, 6) is -0.657. The second-order valence-electron chi connectivity index (χ2n) is 7.47. The normalized spacial score (nSPS) is 12.4. The lowest BCUT2D eigenvalue weighted by atomic mass is 10.2. The van der Waals surface area contributed by atoms with Gasteiger partial charge in [0, 0.05) is 30.9 Å². The van der Waals surface area contributed by atoms with Crippen LogP contribution in [0.5, 0.6) is 11.6 Å². The van der Waals surface area contributed by atoms with Crippen molar-refractivity contribution in [2.45, 2.75) is 13.0 Å². The minimum Gasteiger partial charge on any atom is -0.491 e. The molecular formula is C21H21Cl3N3O9P. The van der Waals surface area contributed by atoms with Crippen molar-refractivity contribution >= 4 is 59.4 Å². The van der Waals surface area contributed by atoms with Crippen LogP contribution < -0.4 is 20.2 Å². The quantitative estimate of drug-likeness (QED) is 0.202. The highest BCUT2D eigenvalue weighted by molar-refractivity contribution is 7.46. The van der Waals surface area contributed by atoms with Crippen LogP contribution >= 0.6 is 42.6 Å². The summed E-state index contributed by atoms with van der Waals surface area (Å²) < 4.78 is 27.5. The van der Waals surface area contributed by atoms with Gasteiger partial charge in [-0.2, -0.15) is 0 Å². The SMILES string of the molecule is CNC(=O)[C@@H](O)COc1ncc(Cl)c2c1c(=O)cc(C)n2-c1c(Cl)cc(OCCOP(=O)(O)O)cc1Cl. The Morgan fingerprint density at radius 2 is 1.78 bits per heavy atom. The van der Waals surface area contributed by atoms with Gasteiger partial charge in [0.05, 0.1) is 39.1 Å². The number of phosphoric acid groups is 1. The average molecular weight is 597 g/mol. The molecule has 16 heteroatoms. The maximum absolute atomic E-state index is 12.9. The second kappa shape index (κ2) is 12.0. The Morgan fingerprint density at radius 3 is 2.38 bits per heavy atom. The van der Waals surface area contributed by atoms with Gasteiger partial charge in [0.1, 0.15) is 24.3 Å². The fraction of sp³-hybridized carbons (Fsp3) is 0.286. The van der Waals surface area contributed by atoms with Crippen LogP contribution in [0.2, 0.25) is 15.1 Å². The van der Waals surface area contributed by atoms with Crippen molar-refractivity contribution in [1.29, 1.82) is 0 Å². The minimum absolute atomic E-state index is 0.0377. The van der Waals surface area contributed by atoms with Crippen LogP contribution in [0.1, 0.15) is 5.69 Å². The van der Waals surface area contributed by atoms with Crippen LogP contribution in [-0.4, -0.2) is 63.3 Å². The Morgan fingerprint density at radius 1 is 1.14 bits per heavy atom. The molecular weight excluding hydrogens is 576 g/mol. The third-order valence-electron chi connectivity index (χ3n) is 4.89. The lowest BCUT2D eigenvalue weighted by molar-refractivity contribution is -0.130. The molecule has 0 aliphatic carbocycles. The van der Waals surface area contributed by atoms with Crippen LogP contribution in [0.4, 0.5) is 0 Å². The molecule has 0 aliphatic rings. The summed E-state index contributed by atoms with van der Waals surface area (Å²) in [5, 5.41) is 12.4. The number of aryl methyl sites for hydroxylation is 1. The number of ether oxygens (including phenoxy) is 2. The number of benzene rings is 1. The van der Waals surface area contributed by atoms with E-state index in [0.717, 1.165) is 0 Å². The molecule has 37 heavy (non-hydrogen) atoms. The highest BCUT2D eigenvalue weighted by atomic mass is 35.5. The fourth-order valence-electron chi connectivity index (χ4n) is 3.36. The zero-order valence-electron chi connectivity index (χ0n) is 19.3. The van der Waals surface area contributed by atoms with Crippen LogP contribution in [0.3, 0.4) is 0 Å². The first-order valence-corrected chi connectivity index (χ1v) is 13.1. The van der Waals surface area contributed by atoms with E-state index in [0.29, 0.717) is 5.69 Å². The van der Waals surface area contributed by atoms with E-state index in [1.165, 1.54) is 36.0 Å². The number of hydrogen-bond acceptors (Lipinski definition) is 8. The van der Waals surface area contributed by atoms with E-state index in [-0.39, 0.29) is 56.5 Å². The average Bonchev–Trinajstić information content (AvgIpc) is 2.81. The summed E-state index contributed by atoms with van der Waals surface area (Å²) in [5.41, 5.74) is 0.336. The number of aliphatic hydroxyl groups is 1. The number of pyridine rings is 2. The molecule has 1 aromatic carbocycles. The summed E-state index contributed by atoms with van der Waals surface area (Å²) in [4.78, 5) is 46.1. The van der Waals surface area contributed by atoms with E-state index in [1.54, 1.807) is 6.92 Å². The number of likely N-dealkylation sites (N-methyl/N-ethyl adjacent to an activating group) is 1. The summed E-state index contributed by atoms with van der Waals surface area (Å²) >= 11 is 19.5. The topological polar surface area (TPSA) is 169 Å².